The largest absolute Gasteiger partial charge is 0.480 e. The molecular formula is C41H75N19O14. The van der Waals surface area contributed by atoms with Crippen molar-refractivity contribution in [2.24, 2.45) is 50.3 Å². The molecule has 0 aromatic carbocycles. The van der Waals surface area contributed by atoms with Crippen molar-refractivity contribution in [3.63, 3.8) is 0 Å². The van der Waals surface area contributed by atoms with Gasteiger partial charge in [0.1, 0.15) is 24.2 Å². The van der Waals surface area contributed by atoms with Crippen LogP contribution in [0.4, 0.5) is 0 Å². The number of carbonyl (C=O) groups excluding carboxylic acids is 11. The molecule has 0 saturated carbocycles. The summed E-state index contributed by atoms with van der Waals surface area (Å²) in [5.41, 5.74) is 32.5. The number of aliphatic hydroxyl groups is 1. The van der Waals surface area contributed by atoms with Gasteiger partial charge in [-0.25, -0.2) is 4.79 Å². The smallest absolute Gasteiger partial charge is 0.328 e. The topological polar surface area (TPSA) is 558 Å². The molecule has 33 heteroatoms. The second kappa shape index (κ2) is 37.8. The number of rotatable bonds is 38. The number of aliphatic hydroxyl groups excluding tert-OH is 1. The zero-order chi connectivity index (χ0) is 56.2. The molecular weight excluding hydrogens is 983 g/mol. The number of aliphatic carboxylic acids is 1. The fourth-order valence-electron chi connectivity index (χ4n) is 5.85. The third-order valence-electron chi connectivity index (χ3n) is 10.2. The number of hydrogen-bond acceptors (Lipinski definition) is 17. The van der Waals surface area contributed by atoms with Crippen molar-refractivity contribution in [1.29, 1.82) is 0 Å². The highest BCUT2D eigenvalue weighted by molar-refractivity contribution is 5.96. The van der Waals surface area contributed by atoms with Gasteiger partial charge in [-0.05, 0) is 57.4 Å². The summed E-state index contributed by atoms with van der Waals surface area (Å²) >= 11 is 0. The van der Waals surface area contributed by atoms with Gasteiger partial charge >= 0.3 is 5.97 Å². The van der Waals surface area contributed by atoms with Gasteiger partial charge in [0.15, 0.2) is 11.9 Å². The lowest BCUT2D eigenvalue weighted by atomic mass is 9.96. The Hall–Kier alpha value is -7.94. The maximum Gasteiger partial charge on any atom is 0.328 e. The van der Waals surface area contributed by atoms with Crippen LogP contribution in [0.2, 0.25) is 0 Å². The molecule has 0 aliphatic heterocycles. The molecule has 0 aromatic rings. The summed E-state index contributed by atoms with van der Waals surface area (Å²) in [4.78, 5) is 157. The van der Waals surface area contributed by atoms with E-state index in [-0.39, 0.29) is 57.2 Å². The Labute approximate surface area is 426 Å². The van der Waals surface area contributed by atoms with Gasteiger partial charge in [-0.3, -0.25) is 62.7 Å². The Morgan fingerprint density at radius 2 is 0.851 bits per heavy atom. The molecule has 0 fully saturated rings. The lowest BCUT2D eigenvalue weighted by Crippen LogP contribution is -2.59. The second-order valence-corrected chi connectivity index (χ2v) is 16.3. The van der Waals surface area contributed by atoms with Gasteiger partial charge in [0.2, 0.25) is 65.0 Å². The quantitative estimate of drug-likeness (QED) is 0.0155. The van der Waals surface area contributed by atoms with E-state index >= 15 is 0 Å². The van der Waals surface area contributed by atoms with E-state index in [1.165, 1.54) is 0 Å². The highest BCUT2D eigenvalue weighted by Gasteiger charge is 2.33. The third-order valence-corrected chi connectivity index (χ3v) is 10.2. The maximum atomic E-state index is 13.7. The molecule has 25 N–H and O–H groups in total. The number of unbranched alkanes of at least 4 members (excludes halogenated alkanes) is 1. The molecule has 0 aromatic heterocycles. The van der Waals surface area contributed by atoms with Crippen LogP contribution >= 0.6 is 0 Å². The van der Waals surface area contributed by atoms with E-state index < -0.39 is 159 Å². The monoisotopic (exact) mass is 1060 g/mol. The van der Waals surface area contributed by atoms with Gasteiger partial charge in [-0.2, -0.15) is 0 Å². The Balaban J connectivity index is 5.03. The van der Waals surface area contributed by atoms with Crippen LogP contribution in [-0.2, 0) is 57.5 Å². The van der Waals surface area contributed by atoms with Crippen molar-refractivity contribution in [3.8, 4) is 0 Å². The van der Waals surface area contributed by atoms with E-state index in [1.807, 2.05) is 0 Å². The number of hydrogen-bond donors (Lipinski definition) is 19. The summed E-state index contributed by atoms with van der Waals surface area (Å²) in [5, 5.41) is 44.1. The van der Waals surface area contributed by atoms with Crippen LogP contribution < -0.4 is 92.9 Å². The molecule has 418 valence electrons. The van der Waals surface area contributed by atoms with Crippen molar-refractivity contribution < 1.29 is 67.7 Å². The second-order valence-electron chi connectivity index (χ2n) is 16.3. The average molecular weight is 1060 g/mol. The van der Waals surface area contributed by atoms with Crippen LogP contribution in [0, 0.1) is 5.92 Å². The van der Waals surface area contributed by atoms with E-state index in [2.05, 4.69) is 68.5 Å². The summed E-state index contributed by atoms with van der Waals surface area (Å²) < 4.78 is 0. The molecule has 74 heavy (non-hydrogen) atoms. The predicted molar refractivity (Wildman–Crippen MR) is 264 cm³/mol. The lowest BCUT2D eigenvalue weighted by Gasteiger charge is -2.28. The fraction of sp³-hybridized carbons (Fsp3) is 0.659. The molecule has 0 aliphatic rings. The van der Waals surface area contributed by atoms with Gasteiger partial charge in [-0.1, -0.05) is 20.3 Å². The van der Waals surface area contributed by atoms with Gasteiger partial charge in [0.05, 0.1) is 58.5 Å². The van der Waals surface area contributed by atoms with Crippen LogP contribution in [0.25, 0.3) is 0 Å². The lowest BCUT2D eigenvalue weighted by molar-refractivity contribution is -0.143. The number of guanidine groups is 2. The first-order valence-electron chi connectivity index (χ1n) is 23.4. The first-order chi connectivity index (χ1) is 34.9. The summed E-state index contributed by atoms with van der Waals surface area (Å²) in [5.74, 6) is -11.2. The highest BCUT2D eigenvalue weighted by Crippen LogP contribution is 2.11. The van der Waals surface area contributed by atoms with Crippen LogP contribution in [0.1, 0.15) is 65.2 Å². The summed E-state index contributed by atoms with van der Waals surface area (Å²) in [6.45, 7) is -1.10. The standard InChI is InChI=1S/C41H75N19O14/c1-3-22(2)34(38(72)58-25(10-7-13-49-41(46)47)36(70)59-26(21-61)39(73)74)60-37(71)24(9-4-5-11-42)57-33(68)20-55-31(66)18-53-29(64)16-51-27(62)14-50-28(63)15-52-30(65)17-54-32(67)19-56-35(69)23(43)8-6-12-48-40(44)45/h22-26,34,61H,3-21,42-43H2,1-2H3,(H,50,63)(H,51,62)(H,52,65)(H,53,64)(H,54,67)(H,55,66)(H,56,69)(H,57,68)(H,58,72)(H,59,70)(H,60,71)(H,73,74)(H4,44,45,48)(H4,46,47,49)/t22-,23-,24-,25-,26-,34-/m0/s1. The SMILES string of the molecule is CC[C@H](C)[C@H](NC(=O)[C@H](CCCCN)NC(=O)CNC(=O)CNC(=O)CNC(=O)CNC(=O)CNC(=O)CNC(=O)CNC(=O)[C@@H](N)CCCN=C(N)N)C(=O)N[C@@H](CCCN=C(N)N)C(=O)N[C@@H](CO)C(=O)O. The van der Waals surface area contributed by atoms with Crippen LogP contribution in [0.15, 0.2) is 9.98 Å². The number of nitrogens with two attached hydrogens (primary N) is 6. The number of carboxylic acids is 1. The normalized spacial score (nSPS) is 12.9. The molecule has 0 heterocycles. The summed E-state index contributed by atoms with van der Waals surface area (Å²) in [6, 6.07) is -6.47. The first kappa shape index (κ1) is 66.1. The molecule has 0 saturated heterocycles. The minimum Gasteiger partial charge on any atom is -0.480 e. The summed E-state index contributed by atoms with van der Waals surface area (Å²) in [7, 11) is 0. The number of nitrogens with zero attached hydrogens (tertiary/aromatic N) is 2. The van der Waals surface area contributed by atoms with Crippen molar-refractivity contribution in [1.82, 2.24) is 58.5 Å². The van der Waals surface area contributed by atoms with Gasteiger partial charge in [-0.15, -0.1) is 0 Å². The van der Waals surface area contributed by atoms with E-state index in [0.29, 0.717) is 25.7 Å². The van der Waals surface area contributed by atoms with Crippen molar-refractivity contribution >= 4 is 82.9 Å². The molecule has 11 amide bonds. The number of aliphatic imine (C=N–C) groups is 2. The van der Waals surface area contributed by atoms with E-state index in [4.69, 9.17) is 34.4 Å². The molecule has 0 rings (SSSR count). The first-order valence-corrected chi connectivity index (χ1v) is 23.4. The Bertz CT molecular complexity index is 1970. The Kier molecular flexibility index (Phi) is 33.7. The molecule has 0 unspecified atom stereocenters. The van der Waals surface area contributed by atoms with E-state index in [0.717, 1.165) is 0 Å². The number of amides is 11. The number of carboxylic acid groups (broad SMARTS) is 1. The highest BCUT2D eigenvalue weighted by atomic mass is 16.4. The van der Waals surface area contributed by atoms with Crippen molar-refractivity contribution in [3.05, 3.63) is 0 Å². The van der Waals surface area contributed by atoms with Crippen molar-refractivity contribution in [2.75, 3.05) is 72.1 Å². The van der Waals surface area contributed by atoms with Crippen LogP contribution in [0.3, 0.4) is 0 Å². The fourth-order valence-corrected chi connectivity index (χ4v) is 5.85. The minimum atomic E-state index is -1.68. The summed E-state index contributed by atoms with van der Waals surface area (Å²) in [6.07, 6.45) is 1.98. The van der Waals surface area contributed by atoms with Gasteiger partial charge in [0.25, 0.3) is 0 Å². The van der Waals surface area contributed by atoms with Crippen LogP contribution in [-0.4, -0.2) is 195 Å². The van der Waals surface area contributed by atoms with Gasteiger partial charge < -0.3 is 103 Å². The van der Waals surface area contributed by atoms with E-state index in [1.54, 1.807) is 13.8 Å². The molecule has 6 atom stereocenters. The molecule has 0 spiro atoms. The zero-order valence-corrected chi connectivity index (χ0v) is 41.6. The molecule has 33 nitrogen and oxygen atoms in total. The third kappa shape index (κ3) is 31.4. The van der Waals surface area contributed by atoms with Crippen LogP contribution in [0.5, 0.6) is 0 Å². The van der Waals surface area contributed by atoms with Gasteiger partial charge in [0, 0.05) is 13.1 Å². The van der Waals surface area contributed by atoms with Crippen molar-refractivity contribution in [2.45, 2.75) is 95.4 Å². The minimum absolute atomic E-state index is 0.0532. The number of nitrogens with one attached hydrogen (secondary N) is 11. The molecule has 0 radical (unpaired) electrons. The average Bonchev–Trinajstić information content (AvgIpc) is 3.35. The molecule has 0 aliphatic carbocycles. The molecule has 0 bridgehead atoms. The Morgan fingerprint density at radius 1 is 0.473 bits per heavy atom. The Morgan fingerprint density at radius 3 is 1.26 bits per heavy atom. The maximum absolute atomic E-state index is 13.7. The number of carbonyl (C=O) groups is 12. The zero-order valence-electron chi connectivity index (χ0n) is 41.6. The van der Waals surface area contributed by atoms with E-state index in [9.17, 15) is 67.7 Å². The predicted octanol–water partition coefficient (Wildman–Crippen LogP) is -10.6.